The summed E-state index contributed by atoms with van der Waals surface area (Å²) >= 11 is 5.65. The number of anilines is 3. The fourth-order valence-electron chi connectivity index (χ4n) is 2.58. The maximum Gasteiger partial charge on any atom is 0.490 e. The molecule has 0 saturated heterocycles. The van der Waals surface area contributed by atoms with Crippen molar-refractivity contribution in [1.29, 1.82) is 0 Å². The van der Waals surface area contributed by atoms with Gasteiger partial charge in [-0.3, -0.25) is 5.10 Å². The van der Waals surface area contributed by atoms with Gasteiger partial charge in [0, 0.05) is 17.3 Å². The molecule has 2 aromatic heterocycles. The second-order valence-corrected chi connectivity index (χ2v) is 7.46. The molecular formula is C21H14ClF6N7O3. The van der Waals surface area contributed by atoms with Gasteiger partial charge in [0.05, 0.1) is 10.6 Å². The molecule has 0 aliphatic rings. The lowest BCUT2D eigenvalue weighted by atomic mass is 10.1. The lowest BCUT2D eigenvalue weighted by Crippen LogP contribution is -2.21. The largest absolute Gasteiger partial charge is 0.490 e. The smallest absolute Gasteiger partial charge is 0.475 e. The average molecular weight is 562 g/mol. The highest BCUT2D eigenvalue weighted by molar-refractivity contribution is 6.31. The summed E-state index contributed by atoms with van der Waals surface area (Å²) in [6, 6.07) is 13.4. The third-order valence-corrected chi connectivity index (χ3v) is 4.60. The van der Waals surface area contributed by atoms with Crippen LogP contribution in [0.3, 0.4) is 0 Å². The number of H-pyrrole nitrogens is 1. The molecule has 200 valence electrons. The van der Waals surface area contributed by atoms with Gasteiger partial charge in [-0.15, -0.1) is 15.3 Å². The predicted molar refractivity (Wildman–Crippen MR) is 122 cm³/mol. The molecule has 10 nitrogen and oxygen atoms in total. The molecule has 0 amide bonds. The third-order valence-electron chi connectivity index (χ3n) is 4.27. The maximum atomic E-state index is 13.1. The van der Waals surface area contributed by atoms with E-state index in [1.807, 2.05) is 0 Å². The van der Waals surface area contributed by atoms with E-state index in [2.05, 4.69) is 30.7 Å². The van der Waals surface area contributed by atoms with Gasteiger partial charge in [0.1, 0.15) is 11.6 Å². The zero-order valence-corrected chi connectivity index (χ0v) is 19.2. The van der Waals surface area contributed by atoms with Gasteiger partial charge in [0.15, 0.2) is 5.82 Å². The molecule has 4 aromatic rings. The van der Waals surface area contributed by atoms with Crippen molar-refractivity contribution in [2.45, 2.75) is 12.4 Å². The van der Waals surface area contributed by atoms with Crippen LogP contribution in [0.4, 0.5) is 43.8 Å². The number of nitrogens with two attached hydrogens (primary N) is 1. The van der Waals surface area contributed by atoms with Crippen LogP contribution in [0.1, 0.15) is 5.56 Å². The fraction of sp³-hybridized carbons (Fsp3) is 0.0952. The minimum absolute atomic E-state index is 0.159. The molecule has 0 atom stereocenters. The normalized spacial score (nSPS) is 11.3. The molecule has 2 heterocycles. The minimum atomic E-state index is -5.08. The van der Waals surface area contributed by atoms with Crippen LogP contribution in [0.2, 0.25) is 5.02 Å². The molecule has 0 aliphatic carbocycles. The van der Waals surface area contributed by atoms with E-state index in [0.29, 0.717) is 11.4 Å². The van der Waals surface area contributed by atoms with E-state index >= 15 is 0 Å². The van der Waals surface area contributed by atoms with Crippen LogP contribution in [0.5, 0.6) is 11.6 Å². The number of halogens is 7. The minimum Gasteiger partial charge on any atom is -0.475 e. The number of hydrogen-bond acceptors (Lipinski definition) is 8. The summed E-state index contributed by atoms with van der Waals surface area (Å²) < 4.78 is 76.5. The number of hydrogen-bond donors (Lipinski definition) is 4. The van der Waals surface area contributed by atoms with Crippen molar-refractivity contribution in [3.05, 3.63) is 65.2 Å². The number of benzene rings is 2. The highest BCUT2D eigenvalue weighted by Crippen LogP contribution is 2.36. The van der Waals surface area contributed by atoms with Crippen molar-refractivity contribution in [2.24, 2.45) is 0 Å². The van der Waals surface area contributed by atoms with Gasteiger partial charge in [-0.2, -0.15) is 31.3 Å². The molecule has 17 heteroatoms. The quantitative estimate of drug-likeness (QED) is 0.225. The first-order valence-electron chi connectivity index (χ1n) is 9.96. The van der Waals surface area contributed by atoms with Gasteiger partial charge in [0.25, 0.3) is 0 Å². The van der Waals surface area contributed by atoms with Gasteiger partial charge in [-0.05, 0) is 48.5 Å². The first-order valence-corrected chi connectivity index (χ1v) is 10.3. The molecule has 2 aromatic carbocycles. The Bertz CT molecular complexity index is 1390. The summed E-state index contributed by atoms with van der Waals surface area (Å²) in [7, 11) is 0. The van der Waals surface area contributed by atoms with Crippen molar-refractivity contribution in [1.82, 2.24) is 25.4 Å². The number of aromatic nitrogens is 5. The molecule has 0 unspecified atom stereocenters. The first-order chi connectivity index (χ1) is 17.7. The molecule has 4 rings (SSSR count). The summed E-state index contributed by atoms with van der Waals surface area (Å²) in [6.45, 7) is 0. The summed E-state index contributed by atoms with van der Waals surface area (Å²) in [4.78, 5) is 13.1. The zero-order valence-electron chi connectivity index (χ0n) is 18.5. The lowest BCUT2D eigenvalue weighted by Gasteiger charge is -2.09. The van der Waals surface area contributed by atoms with Crippen molar-refractivity contribution < 1.29 is 41.0 Å². The number of nitrogen functional groups attached to an aromatic ring is 1. The van der Waals surface area contributed by atoms with Crippen LogP contribution in [-0.2, 0) is 11.0 Å². The Morgan fingerprint density at radius 2 is 1.66 bits per heavy atom. The maximum absolute atomic E-state index is 13.1. The number of carboxylic acids is 1. The Labute approximate surface area is 213 Å². The van der Waals surface area contributed by atoms with E-state index in [9.17, 15) is 26.3 Å². The summed E-state index contributed by atoms with van der Waals surface area (Å²) in [6.07, 6.45) is -9.66. The topological polar surface area (TPSA) is 152 Å². The summed E-state index contributed by atoms with van der Waals surface area (Å²) in [5.74, 6) is -1.34. The Hall–Kier alpha value is -4.60. The van der Waals surface area contributed by atoms with Crippen LogP contribution in [0.15, 0.2) is 54.6 Å². The van der Waals surface area contributed by atoms with Crippen LogP contribution < -0.4 is 15.8 Å². The Kier molecular flexibility index (Phi) is 8.25. The third kappa shape index (κ3) is 7.70. The Balaban J connectivity index is 0.000000505. The van der Waals surface area contributed by atoms with Crippen molar-refractivity contribution in [3.63, 3.8) is 0 Å². The summed E-state index contributed by atoms with van der Waals surface area (Å²) in [5, 5.41) is 23.8. The predicted octanol–water partition coefficient (Wildman–Crippen LogP) is 5.69. The number of alkyl halides is 6. The molecule has 5 N–H and O–H groups in total. The fourth-order valence-corrected chi connectivity index (χ4v) is 2.80. The number of nitrogens with one attached hydrogen (secondary N) is 2. The van der Waals surface area contributed by atoms with E-state index in [-0.39, 0.29) is 34.1 Å². The highest BCUT2D eigenvalue weighted by atomic mass is 35.5. The first kappa shape index (κ1) is 28.0. The zero-order chi connectivity index (χ0) is 28.1. The van der Waals surface area contributed by atoms with Gasteiger partial charge in [-0.25, -0.2) is 4.79 Å². The van der Waals surface area contributed by atoms with Crippen molar-refractivity contribution in [3.8, 4) is 23.0 Å². The molecule has 0 fully saturated rings. The number of rotatable bonds is 5. The van der Waals surface area contributed by atoms with E-state index in [0.717, 1.165) is 6.07 Å². The second-order valence-electron chi connectivity index (χ2n) is 7.05. The molecule has 0 spiro atoms. The van der Waals surface area contributed by atoms with Gasteiger partial charge < -0.3 is 20.9 Å². The molecule has 38 heavy (non-hydrogen) atoms. The van der Waals surface area contributed by atoms with Gasteiger partial charge in [0.2, 0.25) is 11.8 Å². The lowest BCUT2D eigenvalue weighted by molar-refractivity contribution is -0.192. The SMILES string of the molecule is Nc1ccc(Oc2ccc(Nc3n[nH]c(-c4ccc(Cl)c(C(F)(F)F)c4)n3)cc2)nn1.O=C(O)C(F)(F)F. The van der Waals surface area contributed by atoms with E-state index in [4.69, 9.17) is 32.0 Å². The number of carbonyl (C=O) groups is 1. The van der Waals surface area contributed by atoms with E-state index < -0.39 is 23.9 Å². The van der Waals surface area contributed by atoms with E-state index in [1.54, 1.807) is 36.4 Å². The molecular weight excluding hydrogens is 548 g/mol. The monoisotopic (exact) mass is 561 g/mol. The summed E-state index contributed by atoms with van der Waals surface area (Å²) in [5.41, 5.74) is 5.36. The number of aliphatic carboxylic acids is 1. The van der Waals surface area contributed by atoms with Crippen molar-refractivity contribution >= 4 is 35.0 Å². The van der Waals surface area contributed by atoms with Crippen LogP contribution >= 0.6 is 11.6 Å². The number of carboxylic acid groups (broad SMARTS) is 1. The number of aromatic amines is 1. The van der Waals surface area contributed by atoms with Crippen LogP contribution in [-0.4, -0.2) is 42.6 Å². The van der Waals surface area contributed by atoms with Crippen molar-refractivity contribution in [2.75, 3.05) is 11.1 Å². The Morgan fingerprint density at radius 1 is 1.00 bits per heavy atom. The standard InChI is InChI=1S/C19H13ClF3N7O.C2HF3O2/c20-14-6-1-10(9-13(14)19(21,22)23)17-26-18(30-29-17)25-11-2-4-12(5-3-11)31-16-8-7-15(24)27-28-16;3-2(4,5)1(6)7/h1-9H,(H2,24,27)(H2,25,26,29,30);(H,6,7). The van der Waals surface area contributed by atoms with Crippen LogP contribution in [0, 0.1) is 0 Å². The van der Waals surface area contributed by atoms with Crippen LogP contribution in [0.25, 0.3) is 11.4 Å². The Morgan fingerprint density at radius 3 is 2.21 bits per heavy atom. The number of ether oxygens (including phenoxy) is 1. The number of nitrogens with zero attached hydrogens (tertiary/aromatic N) is 4. The molecule has 0 bridgehead atoms. The van der Waals surface area contributed by atoms with Gasteiger partial charge >= 0.3 is 18.3 Å². The molecule has 0 aliphatic heterocycles. The highest BCUT2D eigenvalue weighted by Gasteiger charge is 2.38. The average Bonchev–Trinajstić information content (AvgIpc) is 3.29. The van der Waals surface area contributed by atoms with Gasteiger partial charge in [-0.1, -0.05) is 11.6 Å². The molecule has 0 saturated carbocycles. The second kappa shape index (κ2) is 11.2. The molecule has 0 radical (unpaired) electrons. The van der Waals surface area contributed by atoms with E-state index in [1.165, 1.54) is 12.1 Å².